The molecule has 0 radical (unpaired) electrons. The second-order valence-corrected chi connectivity index (χ2v) is 4.80. The molecular weight excluding hydrogens is 327 g/mol. The number of aliphatic carboxylic acids is 1. The molecule has 5 heteroatoms. The van der Waals surface area contributed by atoms with Crippen molar-refractivity contribution in [1.29, 1.82) is 0 Å². The summed E-state index contributed by atoms with van der Waals surface area (Å²) >= 11 is 3.16. The predicted molar refractivity (Wildman–Crippen MR) is 77.3 cm³/mol. The Morgan fingerprint density at radius 2 is 1.95 bits per heavy atom. The summed E-state index contributed by atoms with van der Waals surface area (Å²) in [6, 6.07) is 11.3. The molecule has 0 unspecified atom stereocenters. The molecule has 1 N–H and O–H groups in total. The number of hydrogen-bond donors (Lipinski definition) is 1. The molecular formula is C15H10BrFO3. The highest BCUT2D eigenvalue weighted by atomic mass is 79.9. The number of carbonyl (C=O) groups is 1. The van der Waals surface area contributed by atoms with Gasteiger partial charge in [-0.05, 0) is 30.3 Å². The van der Waals surface area contributed by atoms with Gasteiger partial charge in [-0.25, -0.2) is 9.18 Å². The molecule has 20 heavy (non-hydrogen) atoms. The Balaban J connectivity index is 2.31. The van der Waals surface area contributed by atoms with Crippen LogP contribution in [0.5, 0.6) is 11.5 Å². The maximum atomic E-state index is 13.7. The summed E-state index contributed by atoms with van der Waals surface area (Å²) < 4.78 is 19.8. The van der Waals surface area contributed by atoms with Gasteiger partial charge in [-0.15, -0.1) is 0 Å². The second kappa shape index (κ2) is 6.34. The van der Waals surface area contributed by atoms with Crippen molar-refractivity contribution in [3.63, 3.8) is 0 Å². The molecule has 0 heterocycles. The van der Waals surface area contributed by atoms with Gasteiger partial charge in [0.15, 0.2) is 11.6 Å². The number of ether oxygens (including phenoxy) is 1. The molecule has 0 aliphatic rings. The molecule has 0 spiro atoms. The molecule has 3 nitrogen and oxygen atoms in total. The number of rotatable bonds is 4. The van der Waals surface area contributed by atoms with Crippen LogP contribution in [0.15, 0.2) is 53.0 Å². The minimum Gasteiger partial charge on any atom is -0.478 e. The van der Waals surface area contributed by atoms with Crippen molar-refractivity contribution in [3.8, 4) is 11.5 Å². The minimum atomic E-state index is -1.06. The molecule has 0 aromatic heterocycles. The van der Waals surface area contributed by atoms with Crippen molar-refractivity contribution >= 4 is 28.0 Å². The van der Waals surface area contributed by atoms with Gasteiger partial charge < -0.3 is 9.84 Å². The minimum absolute atomic E-state index is 0.0735. The maximum Gasteiger partial charge on any atom is 0.328 e. The fourth-order valence-corrected chi connectivity index (χ4v) is 1.88. The first kappa shape index (κ1) is 14.3. The standard InChI is InChI=1S/C15H10BrFO3/c16-11-6-7-14(12(17)9-11)20-13-4-2-1-3-10(13)5-8-15(18)19/h1-9H,(H,18,19). The number of halogens is 2. The Kier molecular flexibility index (Phi) is 4.53. The van der Waals surface area contributed by atoms with Crippen molar-refractivity contribution < 1.29 is 19.0 Å². The molecule has 0 fully saturated rings. The number of carboxylic acids is 1. The fourth-order valence-electron chi connectivity index (χ4n) is 1.55. The van der Waals surface area contributed by atoms with E-state index in [1.165, 1.54) is 18.2 Å². The SMILES string of the molecule is O=C(O)C=Cc1ccccc1Oc1ccc(Br)cc1F. The van der Waals surface area contributed by atoms with Gasteiger partial charge in [0.1, 0.15) is 5.75 Å². The van der Waals surface area contributed by atoms with E-state index < -0.39 is 11.8 Å². The van der Waals surface area contributed by atoms with Crippen LogP contribution in [0.4, 0.5) is 4.39 Å². The van der Waals surface area contributed by atoms with E-state index in [1.54, 1.807) is 30.3 Å². The van der Waals surface area contributed by atoms with Crippen molar-refractivity contribution in [3.05, 3.63) is 64.4 Å². The number of benzene rings is 2. The van der Waals surface area contributed by atoms with Crippen LogP contribution in [0.3, 0.4) is 0 Å². The molecule has 102 valence electrons. The summed E-state index contributed by atoms with van der Waals surface area (Å²) in [5, 5.41) is 8.64. The third-order valence-electron chi connectivity index (χ3n) is 2.44. The second-order valence-electron chi connectivity index (χ2n) is 3.89. The summed E-state index contributed by atoms with van der Waals surface area (Å²) in [5.74, 6) is -1.11. The average molecular weight is 337 g/mol. The lowest BCUT2D eigenvalue weighted by atomic mass is 10.2. The van der Waals surface area contributed by atoms with Crippen molar-refractivity contribution in [2.75, 3.05) is 0 Å². The largest absolute Gasteiger partial charge is 0.478 e. The lowest BCUT2D eigenvalue weighted by Crippen LogP contribution is -1.91. The zero-order valence-electron chi connectivity index (χ0n) is 10.2. The van der Waals surface area contributed by atoms with E-state index in [9.17, 15) is 9.18 Å². The lowest BCUT2D eigenvalue weighted by molar-refractivity contribution is -0.131. The fraction of sp³-hybridized carbons (Fsp3) is 0. The van der Waals surface area contributed by atoms with Gasteiger partial charge in [0, 0.05) is 16.1 Å². The van der Waals surface area contributed by atoms with Crippen LogP contribution in [0.1, 0.15) is 5.56 Å². The predicted octanol–water partition coefficient (Wildman–Crippen LogP) is 4.48. The van der Waals surface area contributed by atoms with Crippen LogP contribution < -0.4 is 4.74 Å². The molecule has 0 atom stereocenters. The van der Waals surface area contributed by atoms with Gasteiger partial charge in [-0.2, -0.15) is 0 Å². The lowest BCUT2D eigenvalue weighted by Gasteiger charge is -2.09. The number of carboxylic acid groups (broad SMARTS) is 1. The van der Waals surface area contributed by atoms with E-state index in [0.717, 1.165) is 6.08 Å². The van der Waals surface area contributed by atoms with Crippen molar-refractivity contribution in [2.45, 2.75) is 0 Å². The molecule has 0 saturated heterocycles. The summed E-state index contributed by atoms with van der Waals surface area (Å²) in [7, 11) is 0. The first-order valence-corrected chi connectivity index (χ1v) is 6.48. The summed E-state index contributed by atoms with van der Waals surface area (Å²) in [5.41, 5.74) is 0.553. The van der Waals surface area contributed by atoms with Gasteiger partial charge in [-0.3, -0.25) is 0 Å². The van der Waals surface area contributed by atoms with Crippen molar-refractivity contribution in [1.82, 2.24) is 0 Å². The molecule has 0 aliphatic heterocycles. The highest BCUT2D eigenvalue weighted by Crippen LogP contribution is 2.29. The summed E-state index contributed by atoms with van der Waals surface area (Å²) in [4.78, 5) is 10.5. The van der Waals surface area contributed by atoms with Gasteiger partial charge in [0.25, 0.3) is 0 Å². The van der Waals surface area contributed by atoms with E-state index in [1.807, 2.05) is 0 Å². The Morgan fingerprint density at radius 1 is 1.20 bits per heavy atom. The van der Waals surface area contributed by atoms with Crippen LogP contribution in [0, 0.1) is 5.82 Å². The van der Waals surface area contributed by atoms with E-state index in [4.69, 9.17) is 9.84 Å². The van der Waals surface area contributed by atoms with Gasteiger partial charge >= 0.3 is 5.97 Å². The van der Waals surface area contributed by atoms with E-state index in [2.05, 4.69) is 15.9 Å². The molecule has 0 saturated carbocycles. The Morgan fingerprint density at radius 3 is 2.65 bits per heavy atom. The highest BCUT2D eigenvalue weighted by molar-refractivity contribution is 9.10. The van der Waals surface area contributed by atoms with E-state index in [0.29, 0.717) is 15.8 Å². The highest BCUT2D eigenvalue weighted by Gasteiger charge is 2.07. The summed E-state index contributed by atoms with van der Waals surface area (Å²) in [6.07, 6.45) is 2.40. The van der Waals surface area contributed by atoms with Crippen LogP contribution >= 0.6 is 15.9 Å². The topological polar surface area (TPSA) is 46.5 Å². The normalized spacial score (nSPS) is 10.7. The maximum absolute atomic E-state index is 13.7. The van der Waals surface area contributed by atoms with Crippen LogP contribution in [-0.4, -0.2) is 11.1 Å². The van der Waals surface area contributed by atoms with E-state index >= 15 is 0 Å². The smallest absolute Gasteiger partial charge is 0.328 e. The number of hydrogen-bond acceptors (Lipinski definition) is 2. The van der Waals surface area contributed by atoms with E-state index in [-0.39, 0.29) is 5.75 Å². The first-order valence-electron chi connectivity index (χ1n) is 5.69. The average Bonchev–Trinajstić information content (AvgIpc) is 2.41. The first-order chi connectivity index (χ1) is 9.56. The van der Waals surface area contributed by atoms with Crippen LogP contribution in [0.25, 0.3) is 6.08 Å². The zero-order chi connectivity index (χ0) is 14.5. The molecule has 0 aliphatic carbocycles. The third kappa shape index (κ3) is 3.68. The Labute approximate surface area is 123 Å². The molecule has 2 aromatic rings. The zero-order valence-corrected chi connectivity index (χ0v) is 11.8. The summed E-state index contributed by atoms with van der Waals surface area (Å²) in [6.45, 7) is 0. The molecule has 2 rings (SSSR count). The number of para-hydroxylation sites is 1. The Hall–Kier alpha value is -2.14. The van der Waals surface area contributed by atoms with Crippen LogP contribution in [-0.2, 0) is 4.79 Å². The van der Waals surface area contributed by atoms with Crippen molar-refractivity contribution in [2.24, 2.45) is 0 Å². The molecule has 0 amide bonds. The molecule has 0 bridgehead atoms. The third-order valence-corrected chi connectivity index (χ3v) is 2.93. The Bertz CT molecular complexity index is 668. The molecule has 2 aromatic carbocycles. The van der Waals surface area contributed by atoms with Crippen LogP contribution in [0.2, 0.25) is 0 Å². The monoisotopic (exact) mass is 336 g/mol. The quantitative estimate of drug-likeness (QED) is 0.837. The van der Waals surface area contributed by atoms with Gasteiger partial charge in [-0.1, -0.05) is 34.1 Å². The van der Waals surface area contributed by atoms with Gasteiger partial charge in [0.05, 0.1) is 0 Å². The van der Waals surface area contributed by atoms with Gasteiger partial charge in [0.2, 0.25) is 0 Å².